The quantitative estimate of drug-likeness (QED) is 0.897. The molecule has 0 saturated heterocycles. The Kier molecular flexibility index (Phi) is 3.90. The van der Waals surface area contributed by atoms with E-state index in [9.17, 15) is 0 Å². The van der Waals surface area contributed by atoms with E-state index in [0.717, 1.165) is 22.7 Å². The number of thiophene rings is 1. The molecule has 1 aliphatic carbocycles. The highest BCUT2D eigenvalue weighted by molar-refractivity contribution is 7.10. The van der Waals surface area contributed by atoms with Crippen molar-refractivity contribution in [1.82, 2.24) is 0 Å². The zero-order valence-corrected chi connectivity index (χ0v) is 11.1. The topological polar surface area (TPSA) is 35.2 Å². The number of hydrogen-bond acceptors (Lipinski definition) is 3. The highest BCUT2D eigenvalue weighted by Crippen LogP contribution is 2.43. The van der Waals surface area contributed by atoms with Crippen LogP contribution in [-0.2, 0) is 4.74 Å². The third-order valence-corrected chi connectivity index (χ3v) is 5.04. The molecule has 1 aliphatic rings. The van der Waals surface area contributed by atoms with Gasteiger partial charge in [0.15, 0.2) is 0 Å². The van der Waals surface area contributed by atoms with E-state index in [-0.39, 0.29) is 11.6 Å². The first kappa shape index (κ1) is 12.4. The SMILES string of the molecule is COC1(C(N)c2sccc2Cl)CCCCC1. The lowest BCUT2D eigenvalue weighted by molar-refractivity contribution is -0.0587. The Bertz CT molecular complexity index is 347. The minimum absolute atomic E-state index is 0.0923. The van der Waals surface area contributed by atoms with Gasteiger partial charge in [-0.2, -0.15) is 0 Å². The van der Waals surface area contributed by atoms with Crippen LogP contribution in [0.15, 0.2) is 11.4 Å². The average Bonchev–Trinajstić information content (AvgIpc) is 2.75. The van der Waals surface area contributed by atoms with Crippen LogP contribution in [0.1, 0.15) is 43.0 Å². The fourth-order valence-electron chi connectivity index (χ4n) is 2.56. The largest absolute Gasteiger partial charge is 0.376 e. The van der Waals surface area contributed by atoms with E-state index >= 15 is 0 Å². The fourth-order valence-corrected chi connectivity index (χ4v) is 3.84. The van der Waals surface area contributed by atoms with E-state index in [1.807, 2.05) is 11.4 Å². The molecule has 0 aromatic carbocycles. The van der Waals surface area contributed by atoms with Crippen LogP contribution in [0.2, 0.25) is 5.02 Å². The molecule has 1 fully saturated rings. The molecule has 0 amide bonds. The molecular weight excluding hydrogens is 242 g/mol. The summed E-state index contributed by atoms with van der Waals surface area (Å²) < 4.78 is 5.74. The number of nitrogens with two attached hydrogens (primary N) is 1. The van der Waals surface area contributed by atoms with Gasteiger partial charge in [-0.25, -0.2) is 0 Å². The number of halogens is 1. The van der Waals surface area contributed by atoms with Crippen molar-refractivity contribution >= 4 is 22.9 Å². The van der Waals surface area contributed by atoms with E-state index in [2.05, 4.69) is 0 Å². The normalized spacial score (nSPS) is 21.9. The third-order valence-electron chi connectivity index (χ3n) is 3.60. The molecule has 0 bridgehead atoms. The Hall–Kier alpha value is -0.0900. The van der Waals surface area contributed by atoms with Gasteiger partial charge in [0.05, 0.1) is 16.7 Å². The predicted octanol–water partition coefficient (Wildman–Crippen LogP) is 3.75. The molecular formula is C12H18ClNOS. The monoisotopic (exact) mass is 259 g/mol. The molecule has 1 aromatic heterocycles. The Morgan fingerprint density at radius 3 is 2.62 bits per heavy atom. The van der Waals surface area contributed by atoms with Gasteiger partial charge in [0.2, 0.25) is 0 Å². The Morgan fingerprint density at radius 1 is 1.44 bits per heavy atom. The van der Waals surface area contributed by atoms with Gasteiger partial charge in [0.1, 0.15) is 0 Å². The number of hydrogen-bond donors (Lipinski definition) is 1. The molecule has 2 nitrogen and oxygen atoms in total. The fraction of sp³-hybridized carbons (Fsp3) is 0.667. The summed E-state index contributed by atoms with van der Waals surface area (Å²) in [4.78, 5) is 1.06. The van der Waals surface area contributed by atoms with Gasteiger partial charge >= 0.3 is 0 Å². The van der Waals surface area contributed by atoms with E-state index in [1.165, 1.54) is 19.3 Å². The van der Waals surface area contributed by atoms with Crippen LogP contribution in [0, 0.1) is 0 Å². The van der Waals surface area contributed by atoms with Crippen molar-refractivity contribution in [3.63, 3.8) is 0 Å². The minimum atomic E-state index is -0.202. The first-order valence-corrected chi connectivity index (χ1v) is 6.99. The van der Waals surface area contributed by atoms with E-state index in [4.69, 9.17) is 22.1 Å². The van der Waals surface area contributed by atoms with Gasteiger partial charge in [-0.3, -0.25) is 0 Å². The predicted molar refractivity (Wildman–Crippen MR) is 69.1 cm³/mol. The van der Waals surface area contributed by atoms with Crippen LogP contribution in [-0.4, -0.2) is 12.7 Å². The molecule has 1 unspecified atom stereocenters. The minimum Gasteiger partial charge on any atom is -0.376 e. The van der Waals surface area contributed by atoms with E-state index in [0.29, 0.717) is 0 Å². The van der Waals surface area contributed by atoms with Crippen LogP contribution in [0.5, 0.6) is 0 Å². The molecule has 2 rings (SSSR count). The second-order valence-electron chi connectivity index (χ2n) is 4.44. The van der Waals surface area contributed by atoms with Gasteiger partial charge in [-0.1, -0.05) is 30.9 Å². The summed E-state index contributed by atoms with van der Waals surface area (Å²) in [5.41, 5.74) is 6.16. The molecule has 16 heavy (non-hydrogen) atoms. The van der Waals surface area contributed by atoms with Crippen molar-refractivity contribution in [2.75, 3.05) is 7.11 Å². The van der Waals surface area contributed by atoms with Crippen molar-refractivity contribution in [2.24, 2.45) is 5.73 Å². The maximum atomic E-state index is 6.36. The van der Waals surface area contributed by atoms with Gasteiger partial charge in [0, 0.05) is 12.0 Å². The summed E-state index contributed by atoms with van der Waals surface area (Å²) >= 11 is 7.78. The summed E-state index contributed by atoms with van der Waals surface area (Å²) in [7, 11) is 1.77. The highest BCUT2D eigenvalue weighted by atomic mass is 35.5. The molecule has 0 aliphatic heterocycles. The highest BCUT2D eigenvalue weighted by Gasteiger charge is 2.40. The summed E-state index contributed by atoms with van der Waals surface area (Å²) in [5, 5.41) is 2.77. The first-order chi connectivity index (χ1) is 7.69. The lowest BCUT2D eigenvalue weighted by Crippen LogP contribution is -2.44. The van der Waals surface area contributed by atoms with Gasteiger partial charge in [-0.05, 0) is 24.3 Å². The van der Waals surface area contributed by atoms with E-state index in [1.54, 1.807) is 18.4 Å². The molecule has 4 heteroatoms. The number of rotatable bonds is 3. The molecule has 1 aromatic rings. The van der Waals surface area contributed by atoms with E-state index < -0.39 is 0 Å². The van der Waals surface area contributed by atoms with Crippen LogP contribution in [0.4, 0.5) is 0 Å². The molecule has 1 atom stereocenters. The Labute approximate surface area is 106 Å². The van der Waals surface area contributed by atoms with Crippen molar-refractivity contribution < 1.29 is 4.74 Å². The second kappa shape index (κ2) is 5.05. The van der Waals surface area contributed by atoms with Crippen molar-refractivity contribution in [3.05, 3.63) is 21.3 Å². The zero-order valence-electron chi connectivity index (χ0n) is 9.54. The van der Waals surface area contributed by atoms with Crippen LogP contribution < -0.4 is 5.73 Å². The summed E-state index contributed by atoms with van der Waals surface area (Å²) in [6.45, 7) is 0. The first-order valence-electron chi connectivity index (χ1n) is 5.73. The van der Waals surface area contributed by atoms with Crippen molar-refractivity contribution in [3.8, 4) is 0 Å². The molecule has 0 radical (unpaired) electrons. The summed E-state index contributed by atoms with van der Waals surface area (Å²) in [6.07, 6.45) is 5.77. The third kappa shape index (κ3) is 2.14. The van der Waals surface area contributed by atoms with Gasteiger partial charge < -0.3 is 10.5 Å². The van der Waals surface area contributed by atoms with Gasteiger partial charge in [0.25, 0.3) is 0 Å². The summed E-state index contributed by atoms with van der Waals surface area (Å²) in [6, 6.07) is 1.82. The Balaban J connectivity index is 2.24. The zero-order chi connectivity index (χ0) is 11.6. The molecule has 1 saturated carbocycles. The van der Waals surface area contributed by atoms with Crippen molar-refractivity contribution in [1.29, 1.82) is 0 Å². The van der Waals surface area contributed by atoms with Crippen LogP contribution in [0.3, 0.4) is 0 Å². The average molecular weight is 260 g/mol. The lowest BCUT2D eigenvalue weighted by atomic mass is 9.79. The van der Waals surface area contributed by atoms with Gasteiger partial charge in [-0.15, -0.1) is 11.3 Å². The number of methoxy groups -OCH3 is 1. The Morgan fingerprint density at radius 2 is 2.12 bits per heavy atom. The maximum Gasteiger partial charge on any atom is 0.0878 e. The lowest BCUT2D eigenvalue weighted by Gasteiger charge is -2.40. The molecule has 1 heterocycles. The smallest absolute Gasteiger partial charge is 0.0878 e. The van der Waals surface area contributed by atoms with Crippen LogP contribution >= 0.6 is 22.9 Å². The number of ether oxygens (including phenoxy) is 1. The molecule has 2 N–H and O–H groups in total. The second-order valence-corrected chi connectivity index (χ2v) is 5.79. The summed E-state index contributed by atoms with van der Waals surface area (Å²) in [5.74, 6) is 0. The molecule has 0 spiro atoms. The van der Waals surface area contributed by atoms with Crippen molar-refractivity contribution in [2.45, 2.75) is 43.7 Å². The standard InChI is InChI=1S/C12H18ClNOS/c1-15-12(6-3-2-4-7-12)11(14)10-9(13)5-8-16-10/h5,8,11H,2-4,6-7,14H2,1H3. The van der Waals surface area contributed by atoms with Crippen LogP contribution in [0.25, 0.3) is 0 Å². The molecule has 90 valence electrons. The maximum absolute atomic E-state index is 6.36.